The minimum absolute atomic E-state index is 0.0617. The molecule has 0 atom stereocenters. The molecule has 1 N–H and O–H groups in total. The van der Waals surface area contributed by atoms with Crippen molar-refractivity contribution in [3.05, 3.63) is 59.7 Å². The molecule has 1 heterocycles. The van der Waals surface area contributed by atoms with Crippen LogP contribution in [-0.2, 0) is 35.3 Å². The number of ether oxygens (including phenoxy) is 1. The SMILES string of the molecule is Cc1cccc(CSCCNC(=O)CN(c2ccc(S(=O)(=O)N3CCOCC3)cc2)S(C)(=O)=O)c1. The molecule has 0 radical (unpaired) electrons. The first-order valence-corrected chi connectivity index (χ1v) is 15.6. The van der Waals surface area contributed by atoms with Crippen LogP contribution in [0.15, 0.2) is 53.4 Å². The number of carbonyl (C=O) groups is 1. The second-order valence-electron chi connectivity index (χ2n) is 8.17. The van der Waals surface area contributed by atoms with Crippen LogP contribution in [0.4, 0.5) is 5.69 Å². The number of benzene rings is 2. The van der Waals surface area contributed by atoms with Gasteiger partial charge in [0, 0.05) is 31.1 Å². The minimum Gasteiger partial charge on any atom is -0.379 e. The molecule has 192 valence electrons. The molecule has 0 aromatic heterocycles. The number of thioether (sulfide) groups is 1. The average Bonchev–Trinajstić information content (AvgIpc) is 2.82. The third kappa shape index (κ3) is 7.94. The highest BCUT2D eigenvalue weighted by atomic mass is 32.2. The van der Waals surface area contributed by atoms with Gasteiger partial charge in [-0.1, -0.05) is 29.8 Å². The Morgan fingerprint density at radius 3 is 2.40 bits per heavy atom. The van der Waals surface area contributed by atoms with Gasteiger partial charge in [-0.3, -0.25) is 9.10 Å². The lowest BCUT2D eigenvalue weighted by atomic mass is 10.2. The van der Waals surface area contributed by atoms with Crippen LogP contribution in [-0.4, -0.2) is 78.4 Å². The van der Waals surface area contributed by atoms with Gasteiger partial charge in [0.05, 0.1) is 30.1 Å². The van der Waals surface area contributed by atoms with Gasteiger partial charge < -0.3 is 10.1 Å². The Labute approximate surface area is 211 Å². The molecule has 0 unspecified atom stereocenters. The summed E-state index contributed by atoms with van der Waals surface area (Å²) in [5.74, 6) is 1.08. The fourth-order valence-electron chi connectivity index (χ4n) is 3.56. The zero-order valence-corrected chi connectivity index (χ0v) is 22.3. The summed E-state index contributed by atoms with van der Waals surface area (Å²) in [7, 11) is -7.47. The van der Waals surface area contributed by atoms with Crippen LogP contribution in [0.3, 0.4) is 0 Å². The smallest absolute Gasteiger partial charge is 0.243 e. The number of aryl methyl sites for hydroxylation is 1. The molecule has 35 heavy (non-hydrogen) atoms. The van der Waals surface area contributed by atoms with Crippen LogP contribution in [0.25, 0.3) is 0 Å². The number of rotatable bonds is 11. The number of nitrogens with one attached hydrogen (secondary N) is 1. The van der Waals surface area contributed by atoms with E-state index < -0.39 is 32.5 Å². The number of carbonyl (C=O) groups excluding carboxylic acids is 1. The second kappa shape index (κ2) is 12.2. The van der Waals surface area contributed by atoms with Crippen molar-refractivity contribution >= 4 is 43.4 Å². The molecule has 0 aliphatic carbocycles. The van der Waals surface area contributed by atoms with E-state index in [4.69, 9.17) is 4.74 Å². The Kier molecular flexibility index (Phi) is 9.59. The minimum atomic E-state index is -3.77. The predicted octanol–water partition coefficient (Wildman–Crippen LogP) is 1.83. The lowest BCUT2D eigenvalue weighted by Crippen LogP contribution is -2.41. The van der Waals surface area contributed by atoms with Crippen molar-refractivity contribution in [2.45, 2.75) is 17.6 Å². The molecule has 1 fully saturated rings. The summed E-state index contributed by atoms with van der Waals surface area (Å²) in [4.78, 5) is 12.5. The molecule has 0 spiro atoms. The summed E-state index contributed by atoms with van der Waals surface area (Å²) >= 11 is 1.68. The number of anilines is 1. The van der Waals surface area contributed by atoms with Crippen LogP contribution in [0.2, 0.25) is 0 Å². The predicted molar refractivity (Wildman–Crippen MR) is 139 cm³/mol. The maximum Gasteiger partial charge on any atom is 0.243 e. The zero-order valence-electron chi connectivity index (χ0n) is 19.8. The number of hydrogen-bond donors (Lipinski definition) is 1. The molecule has 0 bridgehead atoms. The number of morpholine rings is 1. The van der Waals surface area contributed by atoms with Crippen LogP contribution in [0.1, 0.15) is 11.1 Å². The largest absolute Gasteiger partial charge is 0.379 e. The van der Waals surface area contributed by atoms with Gasteiger partial charge in [-0.05, 0) is 36.8 Å². The van der Waals surface area contributed by atoms with Crippen LogP contribution < -0.4 is 9.62 Å². The molecule has 12 heteroatoms. The van der Waals surface area contributed by atoms with Gasteiger partial charge in [-0.15, -0.1) is 0 Å². The van der Waals surface area contributed by atoms with Crippen LogP contribution >= 0.6 is 11.8 Å². The zero-order chi connectivity index (χ0) is 25.5. The van der Waals surface area contributed by atoms with Gasteiger partial charge in [-0.2, -0.15) is 16.1 Å². The summed E-state index contributed by atoms with van der Waals surface area (Å²) in [6.07, 6.45) is 1.01. The van der Waals surface area contributed by atoms with Gasteiger partial charge in [0.1, 0.15) is 6.54 Å². The lowest BCUT2D eigenvalue weighted by molar-refractivity contribution is -0.119. The Morgan fingerprint density at radius 1 is 1.09 bits per heavy atom. The van der Waals surface area contributed by atoms with Crippen molar-refractivity contribution in [1.82, 2.24) is 9.62 Å². The van der Waals surface area contributed by atoms with E-state index in [2.05, 4.69) is 17.4 Å². The number of hydrogen-bond acceptors (Lipinski definition) is 7. The molecular formula is C23H31N3O6S3. The number of nitrogens with zero attached hydrogens (tertiary/aromatic N) is 2. The normalized spacial score (nSPS) is 15.0. The van der Waals surface area contributed by atoms with Crippen molar-refractivity contribution in [2.75, 3.05) is 55.7 Å². The molecule has 2 aromatic rings. The van der Waals surface area contributed by atoms with Crippen molar-refractivity contribution < 1.29 is 26.4 Å². The average molecular weight is 542 g/mol. The fraction of sp³-hybridized carbons (Fsp3) is 0.435. The Bertz CT molecular complexity index is 1210. The highest BCUT2D eigenvalue weighted by Crippen LogP contribution is 2.23. The molecular weight excluding hydrogens is 510 g/mol. The summed E-state index contributed by atoms with van der Waals surface area (Å²) in [6.45, 7) is 3.25. The first kappa shape index (κ1) is 27.5. The van der Waals surface area contributed by atoms with Crippen LogP contribution in [0.5, 0.6) is 0 Å². The fourth-order valence-corrected chi connectivity index (χ4v) is 6.63. The second-order valence-corrected chi connectivity index (χ2v) is 13.1. The van der Waals surface area contributed by atoms with Gasteiger partial charge in [0.15, 0.2) is 0 Å². The van der Waals surface area contributed by atoms with Crippen molar-refractivity contribution in [3.8, 4) is 0 Å². The van der Waals surface area contributed by atoms with Crippen molar-refractivity contribution in [3.63, 3.8) is 0 Å². The Morgan fingerprint density at radius 2 is 1.77 bits per heavy atom. The molecule has 9 nitrogen and oxygen atoms in total. The van der Waals surface area contributed by atoms with Gasteiger partial charge in [0.2, 0.25) is 26.0 Å². The molecule has 0 saturated carbocycles. The van der Waals surface area contributed by atoms with E-state index in [0.29, 0.717) is 25.5 Å². The third-order valence-corrected chi connectivity index (χ3v) is 9.42. The first-order chi connectivity index (χ1) is 16.6. The third-order valence-electron chi connectivity index (χ3n) is 5.34. The van der Waals surface area contributed by atoms with E-state index in [1.807, 2.05) is 19.1 Å². The van der Waals surface area contributed by atoms with E-state index in [-0.39, 0.29) is 23.7 Å². The Hall–Kier alpha value is -2.12. The molecule has 1 saturated heterocycles. The number of sulfonamides is 2. The molecule has 3 rings (SSSR count). The standard InChI is InChI=1S/C23H31N3O6S3/c1-19-4-3-5-20(16-19)18-33-15-10-24-23(27)17-26(34(2,28)29)21-6-8-22(9-7-21)35(30,31)25-11-13-32-14-12-25/h3-9,16H,10-15,17-18H2,1-2H3,(H,24,27). The van der Waals surface area contributed by atoms with E-state index in [1.54, 1.807) is 11.8 Å². The summed E-state index contributed by atoms with van der Waals surface area (Å²) in [6, 6.07) is 13.7. The highest BCUT2D eigenvalue weighted by Gasteiger charge is 2.27. The van der Waals surface area contributed by atoms with Gasteiger partial charge in [0.25, 0.3) is 0 Å². The van der Waals surface area contributed by atoms with Crippen molar-refractivity contribution in [1.29, 1.82) is 0 Å². The lowest BCUT2D eigenvalue weighted by Gasteiger charge is -2.26. The van der Waals surface area contributed by atoms with Gasteiger partial charge in [-0.25, -0.2) is 16.8 Å². The monoisotopic (exact) mass is 541 g/mol. The number of amides is 1. The van der Waals surface area contributed by atoms with E-state index in [0.717, 1.165) is 16.3 Å². The Balaban J connectivity index is 1.56. The topological polar surface area (TPSA) is 113 Å². The van der Waals surface area contributed by atoms with E-state index >= 15 is 0 Å². The highest BCUT2D eigenvalue weighted by molar-refractivity contribution is 7.98. The maximum absolute atomic E-state index is 12.8. The molecule has 1 aliphatic heterocycles. The molecule has 1 amide bonds. The summed E-state index contributed by atoms with van der Waals surface area (Å²) in [5, 5.41) is 2.75. The quantitative estimate of drug-likeness (QED) is 0.432. The summed E-state index contributed by atoms with van der Waals surface area (Å²) in [5.41, 5.74) is 2.63. The van der Waals surface area contributed by atoms with Crippen molar-refractivity contribution in [2.24, 2.45) is 0 Å². The summed E-state index contributed by atoms with van der Waals surface area (Å²) < 4.78 is 57.8. The van der Waals surface area contributed by atoms with Gasteiger partial charge >= 0.3 is 0 Å². The van der Waals surface area contributed by atoms with Crippen LogP contribution in [0, 0.1) is 6.92 Å². The molecule has 1 aliphatic rings. The van der Waals surface area contributed by atoms with E-state index in [9.17, 15) is 21.6 Å². The maximum atomic E-state index is 12.8. The molecule has 2 aromatic carbocycles. The van der Waals surface area contributed by atoms with E-state index in [1.165, 1.54) is 39.7 Å². The first-order valence-electron chi connectivity index (χ1n) is 11.1.